The molecule has 0 aliphatic carbocycles. The largest absolute Gasteiger partial charge is 0.472 e. The molecule has 0 rings (SSSR count). The summed E-state index contributed by atoms with van der Waals surface area (Å²) in [5, 5.41) is 2.92. The number of nitrogens with one attached hydrogen (secondary N) is 1. The minimum Gasteiger partial charge on any atom is -0.351 e. The van der Waals surface area contributed by atoms with E-state index in [1.165, 1.54) is 19.3 Å². The van der Waals surface area contributed by atoms with Gasteiger partial charge in [-0.25, -0.2) is 4.57 Å². The fourth-order valence-electron chi connectivity index (χ4n) is 2.65. The SMILES string of the molecule is CCCCC/C=C/CCC(=O)N[C@H](COP(=O)(O)OCC[N+](C)(C)C)CC(C)C. The van der Waals surface area contributed by atoms with Crippen molar-refractivity contribution in [3.05, 3.63) is 12.2 Å². The summed E-state index contributed by atoms with van der Waals surface area (Å²) in [6.07, 6.45) is 10.6. The van der Waals surface area contributed by atoms with Crippen molar-refractivity contribution >= 4 is 13.7 Å². The van der Waals surface area contributed by atoms with Gasteiger partial charge in [0.25, 0.3) is 0 Å². The third-order valence-corrected chi connectivity index (χ3v) is 5.24. The van der Waals surface area contributed by atoms with Gasteiger partial charge in [0.15, 0.2) is 0 Å². The molecule has 2 N–H and O–H groups in total. The molecule has 0 aliphatic heterocycles. The van der Waals surface area contributed by atoms with Crippen molar-refractivity contribution < 1.29 is 27.8 Å². The summed E-state index contributed by atoms with van der Waals surface area (Å²) in [7, 11) is 1.79. The van der Waals surface area contributed by atoms with E-state index in [0.717, 1.165) is 6.42 Å². The maximum atomic E-state index is 12.2. The van der Waals surface area contributed by atoms with E-state index in [1.807, 2.05) is 41.1 Å². The van der Waals surface area contributed by atoms with E-state index >= 15 is 0 Å². The van der Waals surface area contributed by atoms with Crippen molar-refractivity contribution in [3.63, 3.8) is 0 Å². The van der Waals surface area contributed by atoms with Gasteiger partial charge in [-0.05, 0) is 31.6 Å². The summed E-state index contributed by atoms with van der Waals surface area (Å²) in [6.45, 7) is 6.92. The van der Waals surface area contributed by atoms with Gasteiger partial charge in [-0.15, -0.1) is 0 Å². The molecule has 29 heavy (non-hydrogen) atoms. The second kappa shape index (κ2) is 15.1. The Morgan fingerprint density at radius 3 is 2.38 bits per heavy atom. The third-order valence-electron chi connectivity index (χ3n) is 4.26. The van der Waals surface area contributed by atoms with Crippen LogP contribution in [0.25, 0.3) is 0 Å². The molecule has 0 aromatic carbocycles. The highest BCUT2D eigenvalue weighted by Crippen LogP contribution is 2.43. The van der Waals surface area contributed by atoms with Crippen molar-refractivity contribution in [2.75, 3.05) is 40.9 Å². The third kappa shape index (κ3) is 19.0. The molecule has 0 heterocycles. The quantitative estimate of drug-likeness (QED) is 0.154. The molecule has 1 unspecified atom stereocenters. The smallest absolute Gasteiger partial charge is 0.351 e. The summed E-state index contributed by atoms with van der Waals surface area (Å²) < 4.78 is 22.9. The van der Waals surface area contributed by atoms with Crippen molar-refractivity contribution in [1.29, 1.82) is 0 Å². The monoisotopic (exact) mass is 435 g/mol. The van der Waals surface area contributed by atoms with Gasteiger partial charge in [0, 0.05) is 6.42 Å². The van der Waals surface area contributed by atoms with E-state index in [0.29, 0.717) is 36.2 Å². The van der Waals surface area contributed by atoms with Gasteiger partial charge in [-0.2, -0.15) is 0 Å². The number of likely N-dealkylation sites (N-methyl/N-ethyl adjacent to an activating group) is 1. The molecule has 0 saturated carbocycles. The molecular weight excluding hydrogens is 391 g/mol. The van der Waals surface area contributed by atoms with Gasteiger partial charge in [0.2, 0.25) is 5.91 Å². The van der Waals surface area contributed by atoms with Crippen LogP contribution in [0.15, 0.2) is 12.2 Å². The first kappa shape index (κ1) is 28.3. The molecule has 0 aliphatic rings. The number of rotatable bonds is 17. The number of allylic oxidation sites excluding steroid dienone is 2. The normalized spacial score (nSPS) is 15.6. The number of unbranched alkanes of at least 4 members (excludes halogenated alkanes) is 3. The molecular formula is C21H44N2O5P+. The number of amides is 1. The van der Waals surface area contributed by atoms with Crippen molar-refractivity contribution in [2.45, 2.75) is 71.8 Å². The zero-order valence-corrected chi connectivity index (χ0v) is 20.2. The molecule has 0 spiro atoms. The molecule has 0 saturated heterocycles. The van der Waals surface area contributed by atoms with Crippen molar-refractivity contribution in [1.82, 2.24) is 5.32 Å². The van der Waals surface area contributed by atoms with E-state index in [-0.39, 0.29) is 25.2 Å². The van der Waals surface area contributed by atoms with Gasteiger partial charge in [-0.1, -0.05) is 45.8 Å². The van der Waals surface area contributed by atoms with Crippen LogP contribution in [0, 0.1) is 5.92 Å². The molecule has 0 aromatic rings. The molecule has 0 fully saturated rings. The molecule has 2 atom stereocenters. The lowest BCUT2D eigenvalue weighted by molar-refractivity contribution is -0.870. The summed E-state index contributed by atoms with van der Waals surface area (Å²) in [5.41, 5.74) is 0. The zero-order valence-electron chi connectivity index (χ0n) is 19.4. The highest BCUT2D eigenvalue weighted by molar-refractivity contribution is 7.47. The van der Waals surface area contributed by atoms with Crippen molar-refractivity contribution in [2.24, 2.45) is 5.92 Å². The van der Waals surface area contributed by atoms with Crippen LogP contribution in [0.1, 0.15) is 65.7 Å². The predicted octanol–water partition coefficient (Wildman–Crippen LogP) is 4.27. The Balaban J connectivity index is 4.36. The number of quaternary nitrogens is 1. The van der Waals surface area contributed by atoms with Crippen LogP contribution in [0.3, 0.4) is 0 Å². The average molecular weight is 436 g/mol. The molecule has 7 nitrogen and oxygen atoms in total. The fraction of sp³-hybridized carbons (Fsp3) is 0.857. The van der Waals surface area contributed by atoms with Crippen LogP contribution in [0.2, 0.25) is 0 Å². The Kier molecular flexibility index (Phi) is 14.8. The van der Waals surface area contributed by atoms with E-state index in [4.69, 9.17) is 9.05 Å². The van der Waals surface area contributed by atoms with Gasteiger partial charge in [0.05, 0.1) is 33.8 Å². The number of hydrogen-bond acceptors (Lipinski definition) is 4. The number of carbonyl (C=O) groups excluding carboxylic acids is 1. The second-order valence-corrected chi connectivity index (χ2v) is 10.5. The topological polar surface area (TPSA) is 84.9 Å². The standard InChI is InChI=1S/C21H43N2O5P/c1-7-8-9-10-11-12-13-14-21(24)22-20(17-19(2)3)18-28-29(25,26)27-16-15-23(4,5)6/h11-12,19-20H,7-10,13-18H2,1-6H3,(H-,22,24,25,26)/p+1/b12-11+/t20-/m0/s1. The zero-order chi connectivity index (χ0) is 22.3. The number of hydrogen-bond donors (Lipinski definition) is 2. The number of nitrogens with zero attached hydrogens (tertiary/aromatic N) is 1. The Hall–Kier alpha value is -0.720. The van der Waals surface area contributed by atoms with Crippen LogP contribution in [-0.4, -0.2) is 62.2 Å². The predicted molar refractivity (Wildman–Crippen MR) is 119 cm³/mol. The molecule has 8 heteroatoms. The Labute approximate surface area is 178 Å². The van der Waals surface area contributed by atoms with Crippen LogP contribution in [0.4, 0.5) is 0 Å². The molecule has 1 amide bonds. The Morgan fingerprint density at radius 1 is 1.14 bits per heavy atom. The van der Waals surface area contributed by atoms with Crippen LogP contribution >= 0.6 is 7.82 Å². The maximum absolute atomic E-state index is 12.2. The Morgan fingerprint density at radius 2 is 1.79 bits per heavy atom. The molecule has 172 valence electrons. The summed E-state index contributed by atoms with van der Waals surface area (Å²) in [6, 6.07) is -0.321. The van der Waals surface area contributed by atoms with E-state index in [9.17, 15) is 14.3 Å². The van der Waals surface area contributed by atoms with E-state index in [1.54, 1.807) is 0 Å². The number of phosphoric acid groups is 1. The first-order chi connectivity index (χ1) is 13.4. The van der Waals surface area contributed by atoms with Crippen LogP contribution < -0.4 is 5.32 Å². The summed E-state index contributed by atoms with van der Waals surface area (Å²) in [5.74, 6) is 0.246. The minimum atomic E-state index is -4.13. The van der Waals surface area contributed by atoms with Crippen LogP contribution in [-0.2, 0) is 18.4 Å². The molecule has 0 bridgehead atoms. The summed E-state index contributed by atoms with van der Waals surface area (Å²) in [4.78, 5) is 22.1. The lowest BCUT2D eigenvalue weighted by Crippen LogP contribution is -2.39. The minimum absolute atomic E-state index is 0.0467. The lowest BCUT2D eigenvalue weighted by atomic mass is 10.0. The maximum Gasteiger partial charge on any atom is 0.472 e. The number of carbonyl (C=O) groups is 1. The fourth-order valence-corrected chi connectivity index (χ4v) is 3.41. The average Bonchev–Trinajstić information content (AvgIpc) is 2.57. The molecule has 0 aromatic heterocycles. The van der Waals surface area contributed by atoms with Crippen LogP contribution in [0.5, 0.6) is 0 Å². The van der Waals surface area contributed by atoms with Gasteiger partial charge < -0.3 is 14.7 Å². The highest BCUT2D eigenvalue weighted by atomic mass is 31.2. The summed E-state index contributed by atoms with van der Waals surface area (Å²) >= 11 is 0. The molecule has 0 radical (unpaired) electrons. The first-order valence-corrected chi connectivity index (χ1v) is 12.3. The van der Waals surface area contributed by atoms with Crippen molar-refractivity contribution in [3.8, 4) is 0 Å². The highest BCUT2D eigenvalue weighted by Gasteiger charge is 2.25. The Bertz CT molecular complexity index is 518. The van der Waals surface area contributed by atoms with E-state index in [2.05, 4.69) is 18.3 Å². The van der Waals surface area contributed by atoms with Gasteiger partial charge in [0.1, 0.15) is 13.2 Å². The lowest BCUT2D eigenvalue weighted by Gasteiger charge is -2.25. The first-order valence-electron chi connectivity index (χ1n) is 10.8. The second-order valence-electron chi connectivity index (χ2n) is 9.01. The van der Waals surface area contributed by atoms with Gasteiger partial charge in [-0.3, -0.25) is 13.8 Å². The van der Waals surface area contributed by atoms with E-state index < -0.39 is 7.82 Å². The van der Waals surface area contributed by atoms with Gasteiger partial charge >= 0.3 is 7.82 Å². The number of phosphoric ester groups is 1.